The van der Waals surface area contributed by atoms with E-state index < -0.39 is 28.8 Å². The first-order valence-electron chi connectivity index (χ1n) is 14.4. The molecule has 206 valence electrons. The summed E-state index contributed by atoms with van der Waals surface area (Å²) < 4.78 is 6.65. The van der Waals surface area contributed by atoms with Crippen LogP contribution in [0.3, 0.4) is 0 Å². The molecule has 0 spiro atoms. The van der Waals surface area contributed by atoms with Crippen LogP contribution in [0.4, 0.5) is 0 Å². The van der Waals surface area contributed by atoms with Crippen LogP contribution < -0.4 is 0 Å². The van der Waals surface area contributed by atoms with Crippen LogP contribution >= 0.6 is 0 Å². The van der Waals surface area contributed by atoms with Crippen molar-refractivity contribution in [1.29, 1.82) is 0 Å². The molecule has 0 amide bonds. The van der Waals surface area contributed by atoms with Crippen molar-refractivity contribution in [1.82, 2.24) is 0 Å². The van der Waals surface area contributed by atoms with E-state index in [1.165, 1.54) is 5.57 Å². The topological polar surface area (TPSA) is 90.2 Å². The fourth-order valence-electron chi connectivity index (χ4n) is 10.9. The third-order valence-electron chi connectivity index (χ3n) is 13.3. The molecule has 0 unspecified atom stereocenters. The summed E-state index contributed by atoms with van der Waals surface area (Å²) in [5, 5.41) is 45.4. The van der Waals surface area contributed by atoms with Gasteiger partial charge in [-0.3, -0.25) is 0 Å². The Hall–Kier alpha value is -0.460. The third kappa shape index (κ3) is 3.07. The van der Waals surface area contributed by atoms with Crippen LogP contribution in [-0.4, -0.2) is 56.0 Å². The molecule has 0 aromatic heterocycles. The summed E-state index contributed by atoms with van der Waals surface area (Å²) >= 11 is 0. The van der Waals surface area contributed by atoms with Gasteiger partial charge in [-0.1, -0.05) is 53.2 Å². The molecule has 1 heterocycles. The normalized spacial score (nSPS) is 56.5. The second-order valence-electron chi connectivity index (χ2n) is 15.7. The standard InChI is InChI=1S/C31H52O5/c1-25(2)20-16-22(34)31(9)19(27(20,5)13-11-21(25)33)10-14-28(6)24(18(32)17-30(28,31)8)29(7)15-12-23(36-29)26(3,4)35/h10,18,20-24,32-35H,11-17H2,1-9H3/t18-,20-,21-,22+,23+,24-,27+,28+,29-,30+,31-/m0/s1. The summed E-state index contributed by atoms with van der Waals surface area (Å²) in [5.74, 6) is 0.126. The summed E-state index contributed by atoms with van der Waals surface area (Å²) in [7, 11) is 0. The fraction of sp³-hybridized carbons (Fsp3) is 0.935. The number of aliphatic hydroxyl groups excluding tert-OH is 3. The molecule has 5 rings (SSSR count). The van der Waals surface area contributed by atoms with Crippen LogP contribution in [0.1, 0.15) is 107 Å². The van der Waals surface area contributed by atoms with Crippen molar-refractivity contribution in [2.75, 3.05) is 0 Å². The molecule has 5 nitrogen and oxygen atoms in total. The second kappa shape index (κ2) is 7.59. The van der Waals surface area contributed by atoms with E-state index in [4.69, 9.17) is 4.74 Å². The summed E-state index contributed by atoms with van der Waals surface area (Å²) in [6.45, 7) is 19.4. The van der Waals surface area contributed by atoms with Crippen molar-refractivity contribution in [3.05, 3.63) is 11.6 Å². The Morgan fingerprint density at radius 2 is 1.56 bits per heavy atom. The van der Waals surface area contributed by atoms with Gasteiger partial charge in [-0.25, -0.2) is 0 Å². The van der Waals surface area contributed by atoms with E-state index in [0.717, 1.165) is 32.1 Å². The number of rotatable bonds is 2. The molecule has 1 aliphatic heterocycles. The van der Waals surface area contributed by atoms with E-state index in [2.05, 4.69) is 54.5 Å². The van der Waals surface area contributed by atoms with Gasteiger partial charge in [-0.2, -0.15) is 0 Å². The zero-order valence-electron chi connectivity index (χ0n) is 24.2. The van der Waals surface area contributed by atoms with Crippen molar-refractivity contribution in [3.63, 3.8) is 0 Å². The Bertz CT molecular complexity index is 951. The van der Waals surface area contributed by atoms with Crippen molar-refractivity contribution in [2.24, 2.45) is 38.9 Å². The highest BCUT2D eigenvalue weighted by Crippen LogP contribution is 2.78. The van der Waals surface area contributed by atoms with E-state index >= 15 is 0 Å². The van der Waals surface area contributed by atoms with Gasteiger partial charge in [0.1, 0.15) is 0 Å². The lowest BCUT2D eigenvalue weighted by Crippen LogP contribution is -2.66. The zero-order valence-corrected chi connectivity index (χ0v) is 24.2. The lowest BCUT2D eigenvalue weighted by atomic mass is 9.35. The van der Waals surface area contributed by atoms with Gasteiger partial charge in [-0.15, -0.1) is 0 Å². The zero-order chi connectivity index (χ0) is 26.9. The lowest BCUT2D eigenvalue weighted by molar-refractivity contribution is -0.204. The van der Waals surface area contributed by atoms with Crippen molar-refractivity contribution in [2.45, 2.75) is 143 Å². The predicted molar refractivity (Wildman–Crippen MR) is 141 cm³/mol. The largest absolute Gasteiger partial charge is 0.393 e. The maximum Gasteiger partial charge on any atom is 0.0865 e. The minimum atomic E-state index is -0.918. The first-order valence-corrected chi connectivity index (χ1v) is 14.4. The smallest absolute Gasteiger partial charge is 0.0865 e. The highest BCUT2D eigenvalue weighted by Gasteiger charge is 2.75. The number of aliphatic hydroxyl groups is 4. The second-order valence-corrected chi connectivity index (χ2v) is 15.7. The molecule has 0 bridgehead atoms. The quantitative estimate of drug-likeness (QED) is 0.398. The SMILES string of the molecule is CC(C)(O)[C@H]1CC[C@@](C)([C@H]2[C@@H](O)C[C@@]3(C)[C@@]4(C)C(=CC[C@]23C)[C@@]2(C)CC[C@H](O)C(C)(C)[C@@H]2C[C@H]4O)O1. The molecule has 1 saturated heterocycles. The molecule has 4 aliphatic carbocycles. The first-order chi connectivity index (χ1) is 16.3. The molecule has 0 radical (unpaired) electrons. The molecule has 5 aliphatic rings. The van der Waals surface area contributed by atoms with Gasteiger partial charge < -0.3 is 25.2 Å². The van der Waals surface area contributed by atoms with Crippen molar-refractivity contribution in [3.8, 4) is 0 Å². The van der Waals surface area contributed by atoms with E-state index in [1.807, 2.05) is 13.8 Å². The highest BCUT2D eigenvalue weighted by molar-refractivity contribution is 5.40. The predicted octanol–water partition coefficient (Wildman–Crippen LogP) is 4.99. The summed E-state index contributed by atoms with van der Waals surface area (Å²) in [4.78, 5) is 0. The molecule has 4 N–H and O–H groups in total. The first kappa shape index (κ1) is 27.1. The molecule has 4 fully saturated rings. The highest BCUT2D eigenvalue weighted by atomic mass is 16.5. The Morgan fingerprint density at radius 1 is 0.917 bits per heavy atom. The number of ether oxygens (including phenoxy) is 1. The molecular weight excluding hydrogens is 452 g/mol. The van der Waals surface area contributed by atoms with E-state index in [0.29, 0.717) is 12.8 Å². The lowest BCUT2D eigenvalue weighted by Gasteiger charge is -2.69. The van der Waals surface area contributed by atoms with Gasteiger partial charge in [0, 0.05) is 11.3 Å². The van der Waals surface area contributed by atoms with Crippen molar-refractivity contribution >= 4 is 0 Å². The maximum atomic E-state index is 12.0. The van der Waals surface area contributed by atoms with Gasteiger partial charge in [0.25, 0.3) is 0 Å². The number of hydrogen-bond acceptors (Lipinski definition) is 5. The molecule has 5 heteroatoms. The molecule has 36 heavy (non-hydrogen) atoms. The van der Waals surface area contributed by atoms with Gasteiger partial charge in [0.05, 0.1) is 35.6 Å². The Kier molecular flexibility index (Phi) is 5.72. The van der Waals surface area contributed by atoms with Crippen LogP contribution in [0, 0.1) is 38.9 Å². The van der Waals surface area contributed by atoms with Crippen LogP contribution in [0.5, 0.6) is 0 Å². The van der Waals surface area contributed by atoms with Crippen LogP contribution in [0.15, 0.2) is 11.6 Å². The molecule has 3 saturated carbocycles. The molecule has 11 atom stereocenters. The summed E-state index contributed by atoms with van der Waals surface area (Å²) in [6, 6.07) is 0. The van der Waals surface area contributed by atoms with E-state index in [-0.39, 0.29) is 45.7 Å². The van der Waals surface area contributed by atoms with E-state index in [1.54, 1.807) is 0 Å². The average Bonchev–Trinajstić information content (AvgIpc) is 3.24. The molecular formula is C31H52O5. The van der Waals surface area contributed by atoms with E-state index in [9.17, 15) is 20.4 Å². The van der Waals surface area contributed by atoms with Crippen LogP contribution in [-0.2, 0) is 4.74 Å². The number of hydrogen-bond donors (Lipinski definition) is 4. The number of fused-ring (bicyclic) bond motifs is 5. The maximum absolute atomic E-state index is 12.0. The van der Waals surface area contributed by atoms with Gasteiger partial charge in [-0.05, 0) is 93.3 Å². The Balaban J connectivity index is 1.60. The van der Waals surface area contributed by atoms with Crippen LogP contribution in [0.2, 0.25) is 0 Å². The average molecular weight is 505 g/mol. The van der Waals surface area contributed by atoms with Gasteiger partial charge >= 0.3 is 0 Å². The summed E-state index contributed by atoms with van der Waals surface area (Å²) in [6.07, 6.45) is 6.25. The van der Waals surface area contributed by atoms with Crippen LogP contribution in [0.25, 0.3) is 0 Å². The summed E-state index contributed by atoms with van der Waals surface area (Å²) in [5.41, 5.74) is -1.47. The van der Waals surface area contributed by atoms with Gasteiger partial charge in [0.2, 0.25) is 0 Å². The Morgan fingerprint density at radius 3 is 2.14 bits per heavy atom. The monoisotopic (exact) mass is 504 g/mol. The van der Waals surface area contributed by atoms with Crippen molar-refractivity contribution < 1.29 is 25.2 Å². The minimum absolute atomic E-state index is 0.0795. The Labute approximate surface area is 218 Å². The van der Waals surface area contributed by atoms with Gasteiger partial charge in [0.15, 0.2) is 0 Å². The third-order valence-corrected chi connectivity index (χ3v) is 13.3. The number of allylic oxidation sites excluding steroid dienone is 1. The minimum Gasteiger partial charge on any atom is -0.393 e. The molecule has 0 aromatic rings. The molecule has 0 aromatic carbocycles. The fourth-order valence-corrected chi connectivity index (χ4v) is 10.9.